The van der Waals surface area contributed by atoms with E-state index >= 15 is 0 Å². The predicted molar refractivity (Wildman–Crippen MR) is 122 cm³/mol. The molecule has 0 aliphatic carbocycles. The SMILES string of the molecule is CN1CCC(O)(C(CN2CCNCC2)c2ccc3ccccc3c2)CC1.Cl.Cl. The number of hydrogen-bond acceptors (Lipinski definition) is 4. The topological polar surface area (TPSA) is 38.7 Å². The van der Waals surface area contributed by atoms with Crippen molar-refractivity contribution in [2.75, 3.05) is 52.9 Å². The lowest BCUT2D eigenvalue weighted by Crippen LogP contribution is -2.52. The number of nitrogens with zero attached hydrogens (tertiary/aromatic N) is 2. The fourth-order valence-electron chi connectivity index (χ4n) is 4.52. The Morgan fingerprint density at radius 2 is 1.61 bits per heavy atom. The van der Waals surface area contributed by atoms with Gasteiger partial charge in [0.25, 0.3) is 0 Å². The highest BCUT2D eigenvalue weighted by Crippen LogP contribution is 2.38. The van der Waals surface area contributed by atoms with Crippen molar-refractivity contribution in [2.45, 2.75) is 24.4 Å². The molecule has 2 fully saturated rings. The molecule has 1 atom stereocenters. The highest BCUT2D eigenvalue weighted by atomic mass is 35.5. The molecule has 2 saturated heterocycles. The Balaban J connectivity index is 0.00000140. The third-order valence-corrected chi connectivity index (χ3v) is 6.33. The molecule has 28 heavy (non-hydrogen) atoms. The summed E-state index contributed by atoms with van der Waals surface area (Å²) >= 11 is 0. The largest absolute Gasteiger partial charge is 0.389 e. The maximum atomic E-state index is 11.6. The summed E-state index contributed by atoms with van der Waals surface area (Å²) < 4.78 is 0. The van der Waals surface area contributed by atoms with E-state index in [2.05, 4.69) is 64.6 Å². The van der Waals surface area contributed by atoms with Crippen LogP contribution in [-0.4, -0.2) is 73.4 Å². The van der Waals surface area contributed by atoms with Gasteiger partial charge in [-0.2, -0.15) is 0 Å². The van der Waals surface area contributed by atoms with Crippen molar-refractivity contribution in [3.05, 3.63) is 48.0 Å². The zero-order chi connectivity index (χ0) is 18.0. The summed E-state index contributed by atoms with van der Waals surface area (Å²) in [6, 6.07) is 15.3. The van der Waals surface area contributed by atoms with Gasteiger partial charge in [0.05, 0.1) is 5.60 Å². The van der Waals surface area contributed by atoms with Crippen LogP contribution < -0.4 is 5.32 Å². The molecule has 0 amide bonds. The van der Waals surface area contributed by atoms with Crippen LogP contribution in [0.25, 0.3) is 10.8 Å². The van der Waals surface area contributed by atoms with Gasteiger partial charge in [0.2, 0.25) is 0 Å². The van der Waals surface area contributed by atoms with Gasteiger partial charge in [-0.1, -0.05) is 42.5 Å². The number of benzene rings is 2. The predicted octanol–water partition coefficient (Wildman–Crippen LogP) is 3.13. The normalized spacial score (nSPS) is 21.5. The number of piperazine rings is 1. The van der Waals surface area contributed by atoms with E-state index in [0.29, 0.717) is 0 Å². The average Bonchev–Trinajstić information content (AvgIpc) is 2.69. The number of nitrogens with one attached hydrogen (secondary N) is 1. The Hall–Kier alpha value is -0.880. The van der Waals surface area contributed by atoms with Crippen LogP contribution in [0.4, 0.5) is 0 Å². The van der Waals surface area contributed by atoms with Crippen LogP contribution in [0.2, 0.25) is 0 Å². The van der Waals surface area contributed by atoms with Crippen molar-refractivity contribution >= 4 is 35.6 Å². The number of rotatable bonds is 4. The molecule has 0 spiro atoms. The number of aliphatic hydroxyl groups is 1. The number of halogens is 2. The molecule has 2 aromatic rings. The van der Waals surface area contributed by atoms with Crippen LogP contribution in [0.5, 0.6) is 0 Å². The van der Waals surface area contributed by atoms with Crippen LogP contribution in [0.15, 0.2) is 42.5 Å². The summed E-state index contributed by atoms with van der Waals surface area (Å²) in [6.07, 6.45) is 1.71. The van der Waals surface area contributed by atoms with E-state index in [1.807, 2.05) is 0 Å². The summed E-state index contributed by atoms with van der Waals surface area (Å²) in [5, 5.41) is 17.6. The first kappa shape index (κ1) is 23.4. The summed E-state index contributed by atoms with van der Waals surface area (Å²) in [6.45, 7) is 7.13. The molecule has 156 valence electrons. The molecule has 2 aromatic carbocycles. The molecule has 4 nitrogen and oxygen atoms in total. The average molecular weight is 426 g/mol. The van der Waals surface area contributed by atoms with Gasteiger partial charge in [-0.3, -0.25) is 0 Å². The van der Waals surface area contributed by atoms with Crippen LogP contribution in [-0.2, 0) is 0 Å². The molecule has 2 aliphatic heterocycles. The molecular weight excluding hydrogens is 393 g/mol. The van der Waals surface area contributed by atoms with Gasteiger partial charge < -0.3 is 20.2 Å². The molecule has 0 bridgehead atoms. The third-order valence-electron chi connectivity index (χ3n) is 6.33. The lowest BCUT2D eigenvalue weighted by atomic mass is 9.75. The first-order valence-electron chi connectivity index (χ1n) is 9.97. The number of likely N-dealkylation sites (tertiary alicyclic amines) is 1. The lowest BCUT2D eigenvalue weighted by Gasteiger charge is -2.44. The Labute approximate surface area is 181 Å². The second kappa shape index (κ2) is 10.2. The Kier molecular flexibility index (Phi) is 8.56. The fraction of sp³-hybridized carbons (Fsp3) is 0.545. The van der Waals surface area contributed by atoms with Crippen LogP contribution in [0, 0.1) is 0 Å². The van der Waals surface area contributed by atoms with E-state index < -0.39 is 5.60 Å². The minimum Gasteiger partial charge on any atom is -0.389 e. The van der Waals surface area contributed by atoms with Gasteiger partial charge in [-0.05, 0) is 36.2 Å². The Bertz CT molecular complexity index is 743. The van der Waals surface area contributed by atoms with Crippen molar-refractivity contribution in [1.29, 1.82) is 0 Å². The first-order valence-corrected chi connectivity index (χ1v) is 9.97. The van der Waals surface area contributed by atoms with Crippen LogP contribution in [0.3, 0.4) is 0 Å². The molecule has 0 radical (unpaired) electrons. The second-order valence-corrected chi connectivity index (χ2v) is 8.12. The number of piperidine rings is 1. The van der Waals surface area contributed by atoms with Crippen molar-refractivity contribution in [2.24, 2.45) is 0 Å². The zero-order valence-corrected chi connectivity index (χ0v) is 18.3. The smallest absolute Gasteiger partial charge is 0.0752 e. The zero-order valence-electron chi connectivity index (χ0n) is 16.6. The minimum absolute atomic E-state index is 0. The number of fused-ring (bicyclic) bond motifs is 1. The van der Waals surface area contributed by atoms with Gasteiger partial charge >= 0.3 is 0 Å². The summed E-state index contributed by atoms with van der Waals surface area (Å²) in [7, 11) is 2.15. The van der Waals surface area contributed by atoms with E-state index in [4.69, 9.17) is 0 Å². The Morgan fingerprint density at radius 1 is 0.964 bits per heavy atom. The molecule has 2 heterocycles. The second-order valence-electron chi connectivity index (χ2n) is 8.12. The maximum Gasteiger partial charge on any atom is 0.0752 e. The van der Waals surface area contributed by atoms with Gasteiger partial charge in [-0.25, -0.2) is 0 Å². The monoisotopic (exact) mass is 425 g/mol. The third kappa shape index (κ3) is 5.18. The van der Waals surface area contributed by atoms with Crippen LogP contribution >= 0.6 is 24.8 Å². The quantitative estimate of drug-likeness (QED) is 0.788. The first-order chi connectivity index (χ1) is 12.6. The van der Waals surface area contributed by atoms with E-state index in [-0.39, 0.29) is 30.7 Å². The minimum atomic E-state index is -0.611. The summed E-state index contributed by atoms with van der Waals surface area (Å²) in [5.74, 6) is 0.166. The maximum absolute atomic E-state index is 11.6. The molecule has 6 heteroatoms. The number of hydrogen-bond donors (Lipinski definition) is 2. The highest BCUT2D eigenvalue weighted by molar-refractivity contribution is 5.85. The van der Waals surface area contributed by atoms with Crippen molar-refractivity contribution in [1.82, 2.24) is 15.1 Å². The highest BCUT2D eigenvalue weighted by Gasteiger charge is 2.40. The van der Waals surface area contributed by atoms with E-state index in [0.717, 1.165) is 58.7 Å². The molecule has 2 N–H and O–H groups in total. The van der Waals surface area contributed by atoms with E-state index in [1.54, 1.807) is 0 Å². The van der Waals surface area contributed by atoms with Gasteiger partial charge in [0.1, 0.15) is 0 Å². The lowest BCUT2D eigenvalue weighted by molar-refractivity contribution is -0.0466. The molecule has 2 aliphatic rings. The van der Waals surface area contributed by atoms with E-state index in [9.17, 15) is 5.11 Å². The molecule has 0 aromatic heterocycles. The van der Waals surface area contributed by atoms with Gasteiger partial charge in [0.15, 0.2) is 0 Å². The van der Waals surface area contributed by atoms with Crippen molar-refractivity contribution in [3.8, 4) is 0 Å². The molecular formula is C22H33Cl2N3O. The summed E-state index contributed by atoms with van der Waals surface area (Å²) in [4.78, 5) is 4.85. The molecule has 4 rings (SSSR count). The molecule has 1 unspecified atom stereocenters. The fourth-order valence-corrected chi connectivity index (χ4v) is 4.52. The van der Waals surface area contributed by atoms with Gasteiger partial charge in [-0.15, -0.1) is 24.8 Å². The van der Waals surface area contributed by atoms with Crippen molar-refractivity contribution < 1.29 is 5.11 Å². The van der Waals surface area contributed by atoms with Crippen LogP contribution in [0.1, 0.15) is 24.3 Å². The standard InChI is InChI=1S/C22H31N3O.2ClH/c1-24-12-8-22(26,9-13-24)21(17-25-14-10-23-11-15-25)20-7-6-18-4-2-3-5-19(18)16-20;;/h2-7,16,21,23,26H,8-15,17H2,1H3;2*1H. The van der Waals surface area contributed by atoms with Crippen molar-refractivity contribution in [3.63, 3.8) is 0 Å². The Morgan fingerprint density at radius 3 is 2.29 bits per heavy atom. The van der Waals surface area contributed by atoms with E-state index in [1.165, 1.54) is 16.3 Å². The van der Waals surface area contributed by atoms with Gasteiger partial charge in [0, 0.05) is 51.7 Å². The molecule has 0 saturated carbocycles. The summed E-state index contributed by atoms with van der Waals surface area (Å²) in [5.41, 5.74) is 0.675.